The minimum atomic E-state index is -0.810. The topological polar surface area (TPSA) is 55.8 Å². The zero-order valence-electron chi connectivity index (χ0n) is 9.60. The van der Waals surface area contributed by atoms with Crippen LogP contribution in [0.1, 0.15) is 40.0 Å². The highest BCUT2D eigenvalue weighted by atomic mass is 16.5. The standard InChI is InChI=1S/C11H20O4/c1-7-4-10(5-8(2)14-7)15-9(3)6-11(12)13/h7-10H,4-6H2,1-3H3,(H,12,13)/t7?,8?,9-,10?/m0/s1. The minimum Gasteiger partial charge on any atom is -0.481 e. The van der Waals surface area contributed by atoms with E-state index in [0.29, 0.717) is 0 Å². The van der Waals surface area contributed by atoms with Gasteiger partial charge in [0.05, 0.1) is 30.8 Å². The van der Waals surface area contributed by atoms with E-state index in [0.717, 1.165) is 12.8 Å². The summed E-state index contributed by atoms with van der Waals surface area (Å²) in [6.07, 6.45) is 2.11. The van der Waals surface area contributed by atoms with Crippen LogP contribution >= 0.6 is 0 Å². The lowest BCUT2D eigenvalue weighted by Crippen LogP contribution is -2.36. The zero-order chi connectivity index (χ0) is 11.4. The molecule has 1 N–H and O–H groups in total. The molecular weight excluding hydrogens is 196 g/mol. The fourth-order valence-electron chi connectivity index (χ4n) is 2.08. The van der Waals surface area contributed by atoms with Crippen LogP contribution in [0.5, 0.6) is 0 Å². The van der Waals surface area contributed by atoms with Gasteiger partial charge in [0, 0.05) is 0 Å². The van der Waals surface area contributed by atoms with Gasteiger partial charge in [-0.2, -0.15) is 0 Å². The lowest BCUT2D eigenvalue weighted by Gasteiger charge is -2.33. The molecule has 2 unspecified atom stereocenters. The molecule has 0 amide bonds. The van der Waals surface area contributed by atoms with E-state index in [1.807, 2.05) is 13.8 Å². The Hall–Kier alpha value is -0.610. The van der Waals surface area contributed by atoms with Crippen LogP contribution in [-0.4, -0.2) is 35.5 Å². The van der Waals surface area contributed by atoms with E-state index in [2.05, 4.69) is 0 Å². The molecule has 0 aliphatic carbocycles. The molecular formula is C11H20O4. The van der Waals surface area contributed by atoms with Crippen molar-refractivity contribution in [2.45, 2.75) is 64.4 Å². The number of hydrogen-bond donors (Lipinski definition) is 1. The summed E-state index contributed by atoms with van der Waals surface area (Å²) in [6, 6.07) is 0. The second-order valence-electron chi connectivity index (χ2n) is 4.40. The van der Waals surface area contributed by atoms with Crippen molar-refractivity contribution in [3.8, 4) is 0 Å². The van der Waals surface area contributed by atoms with Crippen molar-refractivity contribution in [2.75, 3.05) is 0 Å². The van der Waals surface area contributed by atoms with E-state index < -0.39 is 5.97 Å². The number of ether oxygens (including phenoxy) is 2. The van der Waals surface area contributed by atoms with Crippen molar-refractivity contribution in [3.05, 3.63) is 0 Å². The van der Waals surface area contributed by atoms with Crippen molar-refractivity contribution in [2.24, 2.45) is 0 Å². The summed E-state index contributed by atoms with van der Waals surface area (Å²) in [7, 11) is 0. The van der Waals surface area contributed by atoms with Crippen molar-refractivity contribution in [3.63, 3.8) is 0 Å². The molecule has 1 saturated heterocycles. The summed E-state index contributed by atoms with van der Waals surface area (Å²) < 4.78 is 11.3. The quantitative estimate of drug-likeness (QED) is 0.778. The van der Waals surface area contributed by atoms with Crippen LogP contribution in [0.15, 0.2) is 0 Å². The molecule has 0 radical (unpaired) electrons. The van der Waals surface area contributed by atoms with Gasteiger partial charge in [0.2, 0.25) is 0 Å². The first kappa shape index (κ1) is 12.5. The molecule has 0 aromatic carbocycles. The Morgan fingerprint density at radius 3 is 2.47 bits per heavy atom. The third-order valence-corrected chi connectivity index (χ3v) is 2.54. The number of rotatable bonds is 4. The molecule has 1 aliphatic rings. The molecule has 1 aliphatic heterocycles. The molecule has 0 aromatic rings. The molecule has 3 atom stereocenters. The van der Waals surface area contributed by atoms with E-state index in [1.54, 1.807) is 6.92 Å². The summed E-state index contributed by atoms with van der Waals surface area (Å²) in [5.74, 6) is -0.810. The van der Waals surface area contributed by atoms with Crippen molar-refractivity contribution >= 4 is 5.97 Å². The predicted octanol–water partition coefficient (Wildman–Crippen LogP) is 1.82. The van der Waals surface area contributed by atoms with Crippen LogP contribution in [0, 0.1) is 0 Å². The molecule has 1 heterocycles. The zero-order valence-corrected chi connectivity index (χ0v) is 9.60. The van der Waals surface area contributed by atoms with Crippen LogP contribution in [0.25, 0.3) is 0 Å². The Labute approximate surface area is 90.6 Å². The molecule has 0 spiro atoms. The van der Waals surface area contributed by atoms with Crippen LogP contribution < -0.4 is 0 Å². The van der Waals surface area contributed by atoms with Gasteiger partial charge in [-0.3, -0.25) is 4.79 Å². The SMILES string of the molecule is CC1CC(O[C@@H](C)CC(=O)O)CC(C)O1. The van der Waals surface area contributed by atoms with Gasteiger partial charge in [-0.1, -0.05) is 0 Å². The Morgan fingerprint density at radius 2 is 2.00 bits per heavy atom. The highest BCUT2D eigenvalue weighted by molar-refractivity contribution is 5.67. The molecule has 88 valence electrons. The molecule has 0 aromatic heterocycles. The summed E-state index contributed by atoms with van der Waals surface area (Å²) in [5, 5.41) is 8.61. The molecule has 4 nitrogen and oxygen atoms in total. The Balaban J connectivity index is 2.33. The van der Waals surface area contributed by atoms with Crippen LogP contribution in [0.3, 0.4) is 0 Å². The molecule has 4 heteroatoms. The molecule has 15 heavy (non-hydrogen) atoms. The lowest BCUT2D eigenvalue weighted by atomic mass is 10.0. The third kappa shape index (κ3) is 4.62. The van der Waals surface area contributed by atoms with Gasteiger partial charge < -0.3 is 14.6 Å². The van der Waals surface area contributed by atoms with E-state index in [1.165, 1.54) is 0 Å². The average Bonchev–Trinajstić information content (AvgIpc) is 1.98. The molecule has 0 saturated carbocycles. The second kappa shape index (κ2) is 5.47. The first-order valence-electron chi connectivity index (χ1n) is 5.50. The summed E-state index contributed by atoms with van der Waals surface area (Å²) in [4.78, 5) is 10.5. The minimum absolute atomic E-state index is 0.0696. The van der Waals surface area contributed by atoms with Crippen molar-refractivity contribution in [1.82, 2.24) is 0 Å². The Morgan fingerprint density at radius 1 is 1.47 bits per heavy atom. The number of carboxylic acid groups (broad SMARTS) is 1. The lowest BCUT2D eigenvalue weighted by molar-refractivity contribution is -0.145. The van der Waals surface area contributed by atoms with Crippen LogP contribution in [0.2, 0.25) is 0 Å². The summed E-state index contributed by atoms with van der Waals surface area (Å²) in [5.41, 5.74) is 0. The first-order valence-corrected chi connectivity index (χ1v) is 5.50. The largest absolute Gasteiger partial charge is 0.481 e. The number of carboxylic acids is 1. The maximum atomic E-state index is 10.5. The van der Waals surface area contributed by atoms with Crippen LogP contribution in [0.4, 0.5) is 0 Å². The fourth-order valence-corrected chi connectivity index (χ4v) is 2.08. The van der Waals surface area contributed by atoms with E-state index in [4.69, 9.17) is 14.6 Å². The van der Waals surface area contributed by atoms with Gasteiger partial charge >= 0.3 is 5.97 Å². The van der Waals surface area contributed by atoms with Gasteiger partial charge in [-0.05, 0) is 33.6 Å². The molecule has 0 bridgehead atoms. The fraction of sp³-hybridized carbons (Fsp3) is 0.909. The van der Waals surface area contributed by atoms with Gasteiger partial charge in [0.1, 0.15) is 0 Å². The third-order valence-electron chi connectivity index (χ3n) is 2.54. The maximum absolute atomic E-state index is 10.5. The normalized spacial score (nSPS) is 33.7. The monoisotopic (exact) mass is 216 g/mol. The second-order valence-corrected chi connectivity index (χ2v) is 4.40. The van der Waals surface area contributed by atoms with Gasteiger partial charge in [-0.15, -0.1) is 0 Å². The predicted molar refractivity (Wildman–Crippen MR) is 55.8 cm³/mol. The van der Waals surface area contributed by atoms with Crippen molar-refractivity contribution in [1.29, 1.82) is 0 Å². The number of aliphatic carboxylic acids is 1. The van der Waals surface area contributed by atoms with E-state index >= 15 is 0 Å². The van der Waals surface area contributed by atoms with Gasteiger partial charge in [-0.25, -0.2) is 0 Å². The van der Waals surface area contributed by atoms with Gasteiger partial charge in [0.25, 0.3) is 0 Å². The molecule has 1 rings (SSSR count). The van der Waals surface area contributed by atoms with E-state index in [9.17, 15) is 4.79 Å². The summed E-state index contributed by atoms with van der Waals surface area (Å²) >= 11 is 0. The smallest absolute Gasteiger partial charge is 0.305 e. The first-order chi connectivity index (χ1) is 6.97. The van der Waals surface area contributed by atoms with Gasteiger partial charge in [0.15, 0.2) is 0 Å². The average molecular weight is 216 g/mol. The van der Waals surface area contributed by atoms with E-state index in [-0.39, 0.29) is 30.8 Å². The molecule has 1 fully saturated rings. The number of hydrogen-bond acceptors (Lipinski definition) is 3. The highest BCUT2D eigenvalue weighted by Crippen LogP contribution is 2.23. The Kier molecular flexibility index (Phi) is 4.54. The summed E-state index contributed by atoms with van der Waals surface area (Å²) in [6.45, 7) is 5.85. The number of carbonyl (C=O) groups is 1. The van der Waals surface area contributed by atoms with Crippen LogP contribution in [-0.2, 0) is 14.3 Å². The highest BCUT2D eigenvalue weighted by Gasteiger charge is 2.26. The Bertz CT molecular complexity index is 207. The van der Waals surface area contributed by atoms with Crippen molar-refractivity contribution < 1.29 is 19.4 Å². The maximum Gasteiger partial charge on any atom is 0.305 e.